The first-order valence-corrected chi connectivity index (χ1v) is 15.7. The fourth-order valence-electron chi connectivity index (χ4n) is 4.88. The number of benzene rings is 2. The van der Waals surface area contributed by atoms with Gasteiger partial charge in [-0.15, -0.1) is 11.3 Å². The highest BCUT2D eigenvalue weighted by molar-refractivity contribution is 7.89. The van der Waals surface area contributed by atoms with Gasteiger partial charge in [-0.25, -0.2) is 13.4 Å². The Labute approximate surface area is 229 Å². The highest BCUT2D eigenvalue weighted by Crippen LogP contribution is 2.26. The Morgan fingerprint density at radius 1 is 0.921 bits per heavy atom. The van der Waals surface area contributed by atoms with Crippen molar-refractivity contribution in [3.8, 4) is 17.0 Å². The van der Waals surface area contributed by atoms with Crippen LogP contribution in [0.5, 0.6) is 5.75 Å². The fourth-order valence-corrected chi connectivity index (χ4v) is 7.35. The predicted octanol–water partition coefficient (Wildman–Crippen LogP) is 4.35. The molecule has 8 nitrogen and oxygen atoms in total. The first-order chi connectivity index (χ1) is 18.5. The van der Waals surface area contributed by atoms with E-state index in [1.165, 1.54) is 0 Å². The van der Waals surface area contributed by atoms with Crippen molar-refractivity contribution >= 4 is 27.0 Å². The lowest BCUT2D eigenvalue weighted by atomic mass is 10.2. The van der Waals surface area contributed by atoms with Gasteiger partial charge in [-0.3, -0.25) is 4.90 Å². The van der Waals surface area contributed by atoms with Crippen molar-refractivity contribution < 1.29 is 17.9 Å². The maximum absolute atomic E-state index is 13.1. The molecule has 204 valence electrons. The van der Waals surface area contributed by atoms with Gasteiger partial charge in [0, 0.05) is 44.6 Å². The molecule has 0 N–H and O–H groups in total. The quantitative estimate of drug-likeness (QED) is 0.392. The van der Waals surface area contributed by atoms with Crippen LogP contribution in [0.25, 0.3) is 11.3 Å². The SMILES string of the molecule is CCOc1ccc(N=c2scc(-c3ccc(S(=O)(=O)N4CCCCC4)cc3)n2CCN2CCOCC2)cc1. The zero-order valence-electron chi connectivity index (χ0n) is 21.9. The summed E-state index contributed by atoms with van der Waals surface area (Å²) in [7, 11) is -3.46. The number of nitrogens with zero attached hydrogens (tertiary/aromatic N) is 4. The van der Waals surface area contributed by atoms with Gasteiger partial charge >= 0.3 is 0 Å². The van der Waals surface area contributed by atoms with Gasteiger partial charge in [0.25, 0.3) is 0 Å². The molecular weight excluding hydrogens is 520 g/mol. The maximum atomic E-state index is 13.1. The third-order valence-electron chi connectivity index (χ3n) is 7.02. The van der Waals surface area contributed by atoms with E-state index in [2.05, 4.69) is 14.8 Å². The number of hydrogen-bond acceptors (Lipinski definition) is 7. The number of hydrogen-bond donors (Lipinski definition) is 0. The van der Waals surface area contributed by atoms with Crippen molar-refractivity contribution in [2.45, 2.75) is 37.6 Å². The van der Waals surface area contributed by atoms with Crippen LogP contribution in [0.3, 0.4) is 0 Å². The molecule has 0 radical (unpaired) electrons. The van der Waals surface area contributed by atoms with Gasteiger partial charge in [0.1, 0.15) is 5.75 Å². The van der Waals surface area contributed by atoms with Gasteiger partial charge in [-0.2, -0.15) is 4.31 Å². The van der Waals surface area contributed by atoms with Crippen LogP contribution in [0.15, 0.2) is 63.8 Å². The molecule has 3 aromatic rings. The van der Waals surface area contributed by atoms with Crippen LogP contribution in [0.4, 0.5) is 5.69 Å². The molecular formula is C28H36N4O4S2. The molecule has 0 bridgehead atoms. The monoisotopic (exact) mass is 556 g/mol. The fraction of sp³-hybridized carbons (Fsp3) is 0.464. The first kappa shape index (κ1) is 27.1. The van der Waals surface area contributed by atoms with E-state index >= 15 is 0 Å². The molecule has 0 atom stereocenters. The number of aromatic nitrogens is 1. The summed E-state index contributed by atoms with van der Waals surface area (Å²) in [4.78, 5) is 8.62. The van der Waals surface area contributed by atoms with E-state index in [1.54, 1.807) is 27.8 Å². The van der Waals surface area contributed by atoms with Crippen LogP contribution in [0.2, 0.25) is 0 Å². The molecule has 3 heterocycles. The van der Waals surface area contributed by atoms with Crippen LogP contribution in [0, 0.1) is 0 Å². The molecule has 2 aliphatic heterocycles. The van der Waals surface area contributed by atoms with Gasteiger partial charge in [-0.1, -0.05) is 18.6 Å². The minimum Gasteiger partial charge on any atom is -0.494 e. The standard InChI is InChI=1S/C28H36N4O4S2/c1-2-36-25-10-8-24(9-11-25)29-28-32(17-16-30-18-20-35-21-19-30)27(22-37-28)23-6-12-26(13-7-23)38(33,34)31-14-4-3-5-15-31/h6-13,22H,2-5,14-21H2,1H3. The van der Waals surface area contributed by atoms with E-state index in [-0.39, 0.29) is 0 Å². The van der Waals surface area contributed by atoms with E-state index in [4.69, 9.17) is 14.5 Å². The number of ether oxygens (including phenoxy) is 2. The summed E-state index contributed by atoms with van der Waals surface area (Å²) in [5.74, 6) is 0.832. The van der Waals surface area contributed by atoms with Crippen LogP contribution in [-0.2, 0) is 21.3 Å². The molecule has 1 aromatic heterocycles. The molecule has 2 aliphatic rings. The summed E-state index contributed by atoms with van der Waals surface area (Å²) in [6.45, 7) is 8.85. The second kappa shape index (κ2) is 12.6. The Bertz CT molecular complexity index is 1350. The molecule has 0 amide bonds. The molecule has 2 aromatic carbocycles. The Hall–Kier alpha value is -2.50. The average Bonchev–Trinajstić information content (AvgIpc) is 3.36. The average molecular weight is 557 g/mol. The van der Waals surface area contributed by atoms with Crippen LogP contribution < -0.4 is 9.54 Å². The van der Waals surface area contributed by atoms with Crippen molar-refractivity contribution in [2.24, 2.45) is 4.99 Å². The normalized spacial score (nSPS) is 18.1. The van der Waals surface area contributed by atoms with Crippen molar-refractivity contribution in [3.63, 3.8) is 0 Å². The third kappa shape index (κ3) is 6.38. The van der Waals surface area contributed by atoms with Crippen molar-refractivity contribution in [1.29, 1.82) is 0 Å². The molecule has 5 rings (SSSR count). The molecule has 38 heavy (non-hydrogen) atoms. The highest BCUT2D eigenvalue weighted by atomic mass is 32.2. The molecule has 0 spiro atoms. The van der Waals surface area contributed by atoms with Crippen LogP contribution >= 0.6 is 11.3 Å². The summed E-state index contributed by atoms with van der Waals surface area (Å²) >= 11 is 1.59. The lowest BCUT2D eigenvalue weighted by Crippen LogP contribution is -2.39. The van der Waals surface area contributed by atoms with E-state index in [0.717, 1.165) is 86.2 Å². The van der Waals surface area contributed by atoms with E-state index < -0.39 is 10.0 Å². The molecule has 0 unspecified atom stereocenters. The summed E-state index contributed by atoms with van der Waals surface area (Å²) in [5.41, 5.74) is 2.88. The number of sulfonamides is 1. The van der Waals surface area contributed by atoms with Crippen LogP contribution in [0.1, 0.15) is 26.2 Å². The Morgan fingerprint density at radius 3 is 2.32 bits per heavy atom. The summed E-state index contributed by atoms with van der Waals surface area (Å²) in [5, 5.41) is 2.11. The second-order valence-electron chi connectivity index (χ2n) is 9.54. The number of thiazole rings is 1. The van der Waals surface area contributed by atoms with E-state index in [0.29, 0.717) is 24.6 Å². The predicted molar refractivity (Wildman–Crippen MR) is 150 cm³/mol. The minimum atomic E-state index is -3.46. The van der Waals surface area contributed by atoms with Crippen LogP contribution in [-0.4, -0.2) is 74.7 Å². The Morgan fingerprint density at radius 2 is 1.63 bits per heavy atom. The third-order valence-corrected chi connectivity index (χ3v) is 9.79. The zero-order valence-corrected chi connectivity index (χ0v) is 23.6. The van der Waals surface area contributed by atoms with E-state index in [9.17, 15) is 8.42 Å². The van der Waals surface area contributed by atoms with Gasteiger partial charge < -0.3 is 14.0 Å². The minimum absolute atomic E-state index is 0.359. The molecule has 2 saturated heterocycles. The second-order valence-corrected chi connectivity index (χ2v) is 12.3. The number of morpholine rings is 1. The van der Waals surface area contributed by atoms with E-state index in [1.807, 2.05) is 43.3 Å². The van der Waals surface area contributed by atoms with Crippen molar-refractivity contribution in [3.05, 3.63) is 58.7 Å². The highest BCUT2D eigenvalue weighted by Gasteiger charge is 2.26. The smallest absolute Gasteiger partial charge is 0.243 e. The van der Waals surface area contributed by atoms with Gasteiger partial charge in [-0.05, 0) is 61.7 Å². The molecule has 10 heteroatoms. The Kier molecular flexibility index (Phi) is 8.96. The molecule has 0 aliphatic carbocycles. The summed E-state index contributed by atoms with van der Waals surface area (Å²) < 4.78 is 41.2. The zero-order chi connectivity index (χ0) is 26.4. The van der Waals surface area contributed by atoms with Gasteiger partial charge in [0.05, 0.1) is 36.1 Å². The first-order valence-electron chi connectivity index (χ1n) is 13.4. The topological polar surface area (TPSA) is 76.4 Å². The van der Waals surface area contributed by atoms with Gasteiger partial charge in [0.15, 0.2) is 4.80 Å². The number of piperidine rings is 1. The lowest BCUT2D eigenvalue weighted by Gasteiger charge is -2.27. The maximum Gasteiger partial charge on any atom is 0.243 e. The van der Waals surface area contributed by atoms with Gasteiger partial charge in [0.2, 0.25) is 10.0 Å². The lowest BCUT2D eigenvalue weighted by molar-refractivity contribution is 0.0363. The largest absolute Gasteiger partial charge is 0.494 e. The summed E-state index contributed by atoms with van der Waals surface area (Å²) in [6.07, 6.45) is 2.95. The Balaban J connectivity index is 1.44. The summed E-state index contributed by atoms with van der Waals surface area (Å²) in [6, 6.07) is 15.1. The van der Waals surface area contributed by atoms with Crippen molar-refractivity contribution in [1.82, 2.24) is 13.8 Å². The molecule has 0 saturated carbocycles. The number of rotatable bonds is 9. The molecule has 2 fully saturated rings. The van der Waals surface area contributed by atoms with Crippen molar-refractivity contribution in [2.75, 3.05) is 52.5 Å².